The Kier molecular flexibility index (Phi) is 3.48. The second-order valence-corrected chi connectivity index (χ2v) is 6.10. The molecule has 0 aliphatic heterocycles. The molecule has 1 N–H and O–H groups in total. The van der Waals surface area contributed by atoms with Gasteiger partial charge >= 0.3 is 0 Å². The summed E-state index contributed by atoms with van der Waals surface area (Å²) < 4.78 is 0.872. The number of aromatic amines is 1. The van der Waals surface area contributed by atoms with Crippen LogP contribution in [0.25, 0.3) is 22.4 Å². The van der Waals surface area contributed by atoms with Crippen molar-refractivity contribution in [3.8, 4) is 11.4 Å². The van der Waals surface area contributed by atoms with Gasteiger partial charge in [0.15, 0.2) is 0 Å². The smallest absolute Gasteiger partial charge is 0.139 e. The van der Waals surface area contributed by atoms with Gasteiger partial charge in [0.2, 0.25) is 0 Å². The maximum Gasteiger partial charge on any atom is 0.139 e. The summed E-state index contributed by atoms with van der Waals surface area (Å²) in [6, 6.07) is 9.04. The number of halogens is 4. The second-order valence-electron chi connectivity index (χ2n) is 3.99. The minimum Gasteiger partial charge on any atom is -0.338 e. The fourth-order valence-corrected chi connectivity index (χ4v) is 3.01. The molecule has 3 aromatic rings. The highest BCUT2D eigenvalue weighted by atomic mass is 79.9. The number of benzene rings is 2. The van der Waals surface area contributed by atoms with Crippen molar-refractivity contribution in [2.45, 2.75) is 0 Å². The van der Waals surface area contributed by atoms with Gasteiger partial charge in [0, 0.05) is 15.1 Å². The van der Waals surface area contributed by atoms with Crippen molar-refractivity contribution in [1.29, 1.82) is 0 Å². The average molecular weight is 376 g/mol. The van der Waals surface area contributed by atoms with E-state index in [1.165, 1.54) is 0 Å². The van der Waals surface area contributed by atoms with Gasteiger partial charge in [0.1, 0.15) is 5.82 Å². The van der Waals surface area contributed by atoms with E-state index in [4.69, 9.17) is 34.8 Å². The Morgan fingerprint density at radius 3 is 2.47 bits per heavy atom. The number of nitrogens with one attached hydrogen (secondary N) is 1. The molecule has 96 valence electrons. The fourth-order valence-electron chi connectivity index (χ4n) is 1.81. The molecule has 0 fully saturated rings. The van der Waals surface area contributed by atoms with Gasteiger partial charge in [-0.15, -0.1) is 0 Å². The summed E-state index contributed by atoms with van der Waals surface area (Å²) in [6.07, 6.45) is 0. The van der Waals surface area contributed by atoms with E-state index in [1.54, 1.807) is 12.1 Å². The van der Waals surface area contributed by atoms with E-state index in [1.807, 2.05) is 18.2 Å². The molecular formula is C13H6BrCl3N2. The van der Waals surface area contributed by atoms with E-state index >= 15 is 0 Å². The molecule has 19 heavy (non-hydrogen) atoms. The summed E-state index contributed by atoms with van der Waals surface area (Å²) >= 11 is 21.4. The summed E-state index contributed by atoms with van der Waals surface area (Å²) in [7, 11) is 0. The summed E-state index contributed by atoms with van der Waals surface area (Å²) in [4.78, 5) is 7.72. The normalized spacial score (nSPS) is 11.2. The highest BCUT2D eigenvalue weighted by Gasteiger charge is 2.10. The lowest BCUT2D eigenvalue weighted by Gasteiger charge is -2.00. The molecule has 1 heterocycles. The summed E-state index contributed by atoms with van der Waals surface area (Å²) in [5, 5.41) is 1.65. The first-order valence-electron chi connectivity index (χ1n) is 5.35. The number of rotatable bonds is 1. The van der Waals surface area contributed by atoms with E-state index in [2.05, 4.69) is 25.9 Å². The molecule has 0 bridgehead atoms. The van der Waals surface area contributed by atoms with Gasteiger partial charge in [-0.3, -0.25) is 0 Å². The van der Waals surface area contributed by atoms with Crippen molar-refractivity contribution in [2.24, 2.45) is 0 Å². The van der Waals surface area contributed by atoms with Crippen LogP contribution in [-0.2, 0) is 0 Å². The van der Waals surface area contributed by atoms with E-state index in [9.17, 15) is 0 Å². The highest BCUT2D eigenvalue weighted by molar-refractivity contribution is 9.10. The molecule has 3 rings (SSSR count). The zero-order valence-corrected chi connectivity index (χ0v) is 13.2. The molecule has 0 aliphatic rings. The molecule has 0 radical (unpaired) electrons. The Bertz CT molecular complexity index is 744. The zero-order chi connectivity index (χ0) is 13.6. The average Bonchev–Trinajstić information content (AvgIpc) is 2.72. The minimum absolute atomic E-state index is 0.488. The molecule has 2 aromatic carbocycles. The van der Waals surface area contributed by atoms with Crippen LogP contribution in [0.15, 0.2) is 34.8 Å². The molecule has 0 aliphatic carbocycles. The Labute approximate surface area is 132 Å². The molecule has 0 saturated heterocycles. The van der Waals surface area contributed by atoms with E-state index < -0.39 is 0 Å². The van der Waals surface area contributed by atoms with Crippen LogP contribution >= 0.6 is 50.7 Å². The number of hydrogen-bond acceptors (Lipinski definition) is 1. The molecule has 0 atom stereocenters. The summed E-state index contributed by atoms with van der Waals surface area (Å²) in [6.45, 7) is 0. The molecule has 1 aromatic heterocycles. The first kappa shape index (κ1) is 13.3. The minimum atomic E-state index is 0.488. The van der Waals surface area contributed by atoms with Gasteiger partial charge in [0.05, 0.1) is 21.1 Å². The maximum atomic E-state index is 5.99. The van der Waals surface area contributed by atoms with Gasteiger partial charge in [-0.05, 0) is 46.3 Å². The maximum absolute atomic E-state index is 5.99. The van der Waals surface area contributed by atoms with Crippen molar-refractivity contribution < 1.29 is 0 Å². The number of aromatic nitrogens is 2. The van der Waals surface area contributed by atoms with Crippen LogP contribution in [0.1, 0.15) is 0 Å². The topological polar surface area (TPSA) is 28.7 Å². The first-order chi connectivity index (χ1) is 9.04. The molecule has 6 heteroatoms. The van der Waals surface area contributed by atoms with Crippen LogP contribution in [0.5, 0.6) is 0 Å². The monoisotopic (exact) mass is 374 g/mol. The van der Waals surface area contributed by atoms with Gasteiger partial charge in [-0.1, -0.05) is 34.8 Å². The van der Waals surface area contributed by atoms with Gasteiger partial charge < -0.3 is 4.98 Å². The van der Waals surface area contributed by atoms with Crippen molar-refractivity contribution in [2.75, 3.05) is 0 Å². The third-order valence-corrected chi connectivity index (χ3v) is 4.32. The Morgan fingerprint density at radius 1 is 1.00 bits per heavy atom. The number of hydrogen-bond donors (Lipinski definition) is 1. The highest BCUT2D eigenvalue weighted by Crippen LogP contribution is 2.32. The number of imidazole rings is 1. The predicted molar refractivity (Wildman–Crippen MR) is 84.3 cm³/mol. The van der Waals surface area contributed by atoms with Crippen molar-refractivity contribution in [3.05, 3.63) is 49.9 Å². The lowest BCUT2D eigenvalue weighted by atomic mass is 10.2. The van der Waals surface area contributed by atoms with Crippen LogP contribution in [0.3, 0.4) is 0 Å². The number of fused-ring (bicyclic) bond motifs is 1. The number of H-pyrrole nitrogens is 1. The van der Waals surface area contributed by atoms with Crippen LogP contribution < -0.4 is 0 Å². The summed E-state index contributed by atoms with van der Waals surface area (Å²) in [5.41, 5.74) is 2.53. The zero-order valence-electron chi connectivity index (χ0n) is 9.35. The van der Waals surface area contributed by atoms with Crippen molar-refractivity contribution >= 4 is 61.8 Å². The van der Waals surface area contributed by atoms with Crippen LogP contribution in [0.4, 0.5) is 0 Å². The third kappa shape index (κ3) is 2.48. The Morgan fingerprint density at radius 2 is 1.74 bits per heavy atom. The lowest BCUT2D eigenvalue weighted by molar-refractivity contribution is 1.33. The van der Waals surface area contributed by atoms with E-state index in [-0.39, 0.29) is 0 Å². The first-order valence-corrected chi connectivity index (χ1v) is 7.27. The third-order valence-electron chi connectivity index (χ3n) is 2.71. The fraction of sp³-hybridized carbons (Fsp3) is 0. The molecule has 0 spiro atoms. The Balaban J connectivity index is 2.20. The van der Waals surface area contributed by atoms with Gasteiger partial charge in [0.25, 0.3) is 0 Å². The molecule has 2 nitrogen and oxygen atoms in total. The SMILES string of the molecule is Clc1ccc(-c2nc3cc(Cl)c(Cl)cc3[nH]2)c(Br)c1. The molecule has 0 saturated carbocycles. The van der Waals surface area contributed by atoms with E-state index in [0.29, 0.717) is 15.1 Å². The van der Waals surface area contributed by atoms with Crippen LogP contribution in [0.2, 0.25) is 15.1 Å². The van der Waals surface area contributed by atoms with Crippen LogP contribution in [0, 0.1) is 0 Å². The summed E-state index contributed by atoms with van der Waals surface area (Å²) in [5.74, 6) is 0.733. The van der Waals surface area contributed by atoms with E-state index in [0.717, 1.165) is 26.9 Å². The Hall–Kier alpha value is -0.740. The molecular weight excluding hydrogens is 370 g/mol. The van der Waals surface area contributed by atoms with Gasteiger partial charge in [-0.25, -0.2) is 4.98 Å². The second kappa shape index (κ2) is 4.98. The standard InChI is InChI=1S/C13H6BrCl3N2/c14-8-3-6(15)1-2-7(8)13-18-11-4-9(16)10(17)5-12(11)19-13/h1-5H,(H,18,19). The quantitative estimate of drug-likeness (QED) is 0.558. The number of nitrogens with zero attached hydrogens (tertiary/aromatic N) is 1. The van der Waals surface area contributed by atoms with Crippen LogP contribution in [-0.4, -0.2) is 9.97 Å². The molecule has 0 unspecified atom stereocenters. The van der Waals surface area contributed by atoms with Crippen molar-refractivity contribution in [1.82, 2.24) is 9.97 Å². The largest absolute Gasteiger partial charge is 0.338 e. The van der Waals surface area contributed by atoms with Crippen molar-refractivity contribution in [3.63, 3.8) is 0 Å². The predicted octanol–water partition coefficient (Wildman–Crippen LogP) is 5.95. The molecule has 0 amide bonds. The lowest BCUT2D eigenvalue weighted by Crippen LogP contribution is -1.82. The van der Waals surface area contributed by atoms with Gasteiger partial charge in [-0.2, -0.15) is 0 Å².